The Hall–Kier alpha value is -2.21. The number of amides is 1. The van der Waals surface area contributed by atoms with Crippen molar-refractivity contribution in [1.29, 1.82) is 0 Å². The highest BCUT2D eigenvalue weighted by Crippen LogP contribution is 2.18. The summed E-state index contributed by atoms with van der Waals surface area (Å²) in [5.74, 6) is 0.827. The molecule has 0 N–H and O–H groups in total. The van der Waals surface area contributed by atoms with Crippen molar-refractivity contribution < 1.29 is 4.79 Å². The van der Waals surface area contributed by atoms with Gasteiger partial charge in [-0.2, -0.15) is 0 Å². The standard InChI is InChI=1S/C17H23N5O/c1-20(2)10-15-7-8-21(11-15)17(23)9-14-3-5-16(6-4-14)22-12-18-19-13-22/h3-6,12-13,15H,7-11H2,1-2H3. The van der Waals surface area contributed by atoms with Crippen LogP contribution in [0.2, 0.25) is 0 Å². The van der Waals surface area contributed by atoms with Crippen LogP contribution in [-0.2, 0) is 11.2 Å². The van der Waals surface area contributed by atoms with Gasteiger partial charge in [-0.15, -0.1) is 10.2 Å². The Balaban J connectivity index is 1.56. The van der Waals surface area contributed by atoms with E-state index >= 15 is 0 Å². The van der Waals surface area contributed by atoms with Gasteiger partial charge in [0.1, 0.15) is 12.7 Å². The van der Waals surface area contributed by atoms with Crippen LogP contribution in [0.15, 0.2) is 36.9 Å². The highest BCUT2D eigenvalue weighted by molar-refractivity contribution is 5.79. The number of rotatable bonds is 5. The van der Waals surface area contributed by atoms with Crippen LogP contribution in [0.1, 0.15) is 12.0 Å². The van der Waals surface area contributed by atoms with Crippen LogP contribution in [0, 0.1) is 5.92 Å². The number of carbonyl (C=O) groups excluding carboxylic acids is 1. The molecule has 1 amide bonds. The molecule has 1 aliphatic rings. The predicted octanol–water partition coefficient (Wildman–Crippen LogP) is 1.22. The zero-order chi connectivity index (χ0) is 16.2. The minimum atomic E-state index is 0.225. The first kappa shape index (κ1) is 15.7. The lowest BCUT2D eigenvalue weighted by Gasteiger charge is -2.18. The Bertz CT molecular complexity index is 636. The molecule has 1 aliphatic heterocycles. The van der Waals surface area contributed by atoms with E-state index in [9.17, 15) is 4.79 Å². The minimum Gasteiger partial charge on any atom is -0.342 e. The summed E-state index contributed by atoms with van der Waals surface area (Å²) in [7, 11) is 4.17. The van der Waals surface area contributed by atoms with Gasteiger partial charge in [-0.3, -0.25) is 9.36 Å². The molecule has 1 fully saturated rings. The zero-order valence-corrected chi connectivity index (χ0v) is 13.7. The number of carbonyl (C=O) groups is 1. The van der Waals surface area contributed by atoms with E-state index in [4.69, 9.17) is 0 Å². The van der Waals surface area contributed by atoms with E-state index < -0.39 is 0 Å². The average Bonchev–Trinajstić information content (AvgIpc) is 3.19. The molecule has 0 bridgehead atoms. The molecule has 2 heterocycles. The summed E-state index contributed by atoms with van der Waals surface area (Å²) in [6.45, 7) is 2.82. The number of nitrogens with zero attached hydrogens (tertiary/aromatic N) is 5. The summed E-state index contributed by atoms with van der Waals surface area (Å²) in [5.41, 5.74) is 2.04. The maximum absolute atomic E-state index is 12.4. The van der Waals surface area contributed by atoms with Crippen LogP contribution >= 0.6 is 0 Å². The molecule has 0 radical (unpaired) electrons. The van der Waals surface area contributed by atoms with Gasteiger partial charge >= 0.3 is 0 Å². The monoisotopic (exact) mass is 313 g/mol. The number of likely N-dealkylation sites (tertiary alicyclic amines) is 1. The molecule has 3 rings (SSSR count). The van der Waals surface area contributed by atoms with Crippen LogP contribution in [-0.4, -0.2) is 64.2 Å². The maximum atomic E-state index is 12.4. The molecule has 6 heteroatoms. The summed E-state index contributed by atoms with van der Waals surface area (Å²) >= 11 is 0. The summed E-state index contributed by atoms with van der Waals surface area (Å²) in [6, 6.07) is 7.98. The fourth-order valence-electron chi connectivity index (χ4n) is 3.13. The maximum Gasteiger partial charge on any atom is 0.226 e. The molecule has 0 saturated carbocycles. The van der Waals surface area contributed by atoms with Crippen LogP contribution in [0.25, 0.3) is 5.69 Å². The van der Waals surface area contributed by atoms with Crippen molar-refractivity contribution in [2.24, 2.45) is 5.92 Å². The van der Waals surface area contributed by atoms with Crippen molar-refractivity contribution in [3.05, 3.63) is 42.5 Å². The molecule has 0 aliphatic carbocycles. The van der Waals surface area contributed by atoms with E-state index in [-0.39, 0.29) is 5.91 Å². The summed E-state index contributed by atoms with van der Waals surface area (Å²) in [4.78, 5) is 16.6. The number of aromatic nitrogens is 3. The molecule has 23 heavy (non-hydrogen) atoms. The van der Waals surface area contributed by atoms with Crippen LogP contribution in [0.5, 0.6) is 0 Å². The van der Waals surface area contributed by atoms with Crippen LogP contribution < -0.4 is 0 Å². The Morgan fingerprint density at radius 2 is 1.91 bits per heavy atom. The summed E-state index contributed by atoms with van der Waals surface area (Å²) in [5, 5.41) is 7.60. The summed E-state index contributed by atoms with van der Waals surface area (Å²) in [6.07, 6.45) is 4.90. The van der Waals surface area contributed by atoms with E-state index in [1.807, 2.05) is 33.7 Å². The lowest BCUT2D eigenvalue weighted by atomic mass is 10.1. The fourth-order valence-corrected chi connectivity index (χ4v) is 3.13. The fraction of sp³-hybridized carbons (Fsp3) is 0.471. The molecule has 2 aromatic rings. The van der Waals surface area contributed by atoms with Gasteiger partial charge in [-0.25, -0.2) is 0 Å². The molecule has 1 saturated heterocycles. The molecule has 1 aromatic carbocycles. The third-order valence-corrected chi connectivity index (χ3v) is 4.27. The highest BCUT2D eigenvalue weighted by Gasteiger charge is 2.26. The lowest BCUT2D eigenvalue weighted by molar-refractivity contribution is -0.129. The lowest BCUT2D eigenvalue weighted by Crippen LogP contribution is -2.31. The van der Waals surface area contributed by atoms with Crippen LogP contribution in [0.3, 0.4) is 0 Å². The molecule has 0 spiro atoms. The first-order valence-electron chi connectivity index (χ1n) is 7.98. The van der Waals surface area contributed by atoms with E-state index in [0.29, 0.717) is 12.3 Å². The topological polar surface area (TPSA) is 54.3 Å². The predicted molar refractivity (Wildman–Crippen MR) is 88.3 cm³/mol. The van der Waals surface area contributed by atoms with Crippen LogP contribution in [0.4, 0.5) is 0 Å². The molecule has 1 atom stereocenters. The Kier molecular flexibility index (Phi) is 4.71. The van der Waals surface area contributed by atoms with Gasteiger partial charge in [0.25, 0.3) is 0 Å². The quantitative estimate of drug-likeness (QED) is 0.833. The second kappa shape index (κ2) is 6.91. The van der Waals surface area contributed by atoms with Gasteiger partial charge in [0, 0.05) is 25.3 Å². The first-order chi connectivity index (χ1) is 11.1. The molecular formula is C17H23N5O. The third kappa shape index (κ3) is 3.96. The molecule has 122 valence electrons. The van der Waals surface area contributed by atoms with Gasteiger partial charge in [0.2, 0.25) is 5.91 Å². The Labute approximate surface area is 136 Å². The smallest absolute Gasteiger partial charge is 0.226 e. The van der Waals surface area contributed by atoms with Crippen molar-refractivity contribution in [2.45, 2.75) is 12.8 Å². The first-order valence-corrected chi connectivity index (χ1v) is 7.98. The van der Waals surface area contributed by atoms with Crippen molar-refractivity contribution >= 4 is 5.91 Å². The summed E-state index contributed by atoms with van der Waals surface area (Å²) < 4.78 is 1.85. The number of benzene rings is 1. The van der Waals surface area contributed by atoms with E-state index in [1.54, 1.807) is 12.7 Å². The average molecular weight is 313 g/mol. The van der Waals surface area contributed by atoms with Gasteiger partial charge in [-0.1, -0.05) is 12.1 Å². The number of hydrogen-bond acceptors (Lipinski definition) is 4. The van der Waals surface area contributed by atoms with Crippen molar-refractivity contribution in [3.63, 3.8) is 0 Å². The van der Waals surface area contributed by atoms with E-state index in [2.05, 4.69) is 29.2 Å². The van der Waals surface area contributed by atoms with Gasteiger partial charge in [-0.05, 0) is 44.1 Å². The second-order valence-electron chi connectivity index (χ2n) is 6.47. The number of hydrogen-bond donors (Lipinski definition) is 0. The Morgan fingerprint density at radius 3 is 2.57 bits per heavy atom. The zero-order valence-electron chi connectivity index (χ0n) is 13.7. The van der Waals surface area contributed by atoms with Gasteiger partial charge < -0.3 is 9.80 Å². The normalized spacial score (nSPS) is 17.9. The van der Waals surface area contributed by atoms with Crippen molar-refractivity contribution in [2.75, 3.05) is 33.7 Å². The second-order valence-corrected chi connectivity index (χ2v) is 6.47. The Morgan fingerprint density at radius 1 is 1.22 bits per heavy atom. The van der Waals surface area contributed by atoms with E-state index in [1.165, 1.54) is 0 Å². The molecular weight excluding hydrogens is 290 g/mol. The molecule has 1 aromatic heterocycles. The SMILES string of the molecule is CN(C)CC1CCN(C(=O)Cc2ccc(-n3cnnc3)cc2)C1. The largest absolute Gasteiger partial charge is 0.342 e. The van der Waals surface area contributed by atoms with Gasteiger partial charge in [0.05, 0.1) is 6.42 Å². The van der Waals surface area contributed by atoms with Crippen molar-refractivity contribution in [1.82, 2.24) is 24.6 Å². The third-order valence-electron chi connectivity index (χ3n) is 4.27. The van der Waals surface area contributed by atoms with Gasteiger partial charge in [0.15, 0.2) is 0 Å². The minimum absolute atomic E-state index is 0.225. The van der Waals surface area contributed by atoms with E-state index in [0.717, 1.165) is 37.3 Å². The molecule has 6 nitrogen and oxygen atoms in total. The van der Waals surface area contributed by atoms with Crippen molar-refractivity contribution in [3.8, 4) is 5.69 Å². The highest BCUT2D eigenvalue weighted by atomic mass is 16.2. The molecule has 1 unspecified atom stereocenters.